The summed E-state index contributed by atoms with van der Waals surface area (Å²) in [5, 5.41) is 0. The van der Waals surface area contributed by atoms with Gasteiger partial charge in [-0.2, -0.15) is 0 Å². The lowest BCUT2D eigenvalue weighted by molar-refractivity contribution is -0.163. The molecule has 0 bridgehead atoms. The number of rotatable bonds is 13. The molecule has 2 unspecified atom stereocenters. The average Bonchev–Trinajstić information content (AvgIpc) is 2.64. The normalized spacial score (nSPS) is 25.0. The van der Waals surface area contributed by atoms with E-state index in [2.05, 4.69) is 0 Å². The van der Waals surface area contributed by atoms with Gasteiger partial charge in [0.15, 0.2) is 12.6 Å². The zero-order chi connectivity index (χ0) is 16.7. The third-order valence-corrected chi connectivity index (χ3v) is 4.92. The summed E-state index contributed by atoms with van der Waals surface area (Å²) in [6.45, 7) is 3.49. The molecule has 2 heterocycles. The minimum Gasteiger partial charge on any atom is -0.353 e. The van der Waals surface area contributed by atoms with Crippen LogP contribution in [0.1, 0.15) is 89.9 Å². The Kier molecular flexibility index (Phi) is 11.8. The van der Waals surface area contributed by atoms with Gasteiger partial charge in [-0.05, 0) is 51.4 Å². The second-order valence-electron chi connectivity index (χ2n) is 7.16. The molecule has 0 aromatic heterocycles. The summed E-state index contributed by atoms with van der Waals surface area (Å²) in [5.74, 6) is 0. The molecule has 0 radical (unpaired) electrons. The van der Waals surface area contributed by atoms with E-state index in [4.69, 9.17) is 18.9 Å². The van der Waals surface area contributed by atoms with E-state index in [0.717, 1.165) is 39.3 Å². The number of unbranched alkanes of at least 4 members (excludes halogenated alkanes) is 7. The van der Waals surface area contributed by atoms with Crippen LogP contribution in [0.5, 0.6) is 0 Å². The third-order valence-electron chi connectivity index (χ3n) is 4.92. The SMILES string of the molecule is C(CCCCCOC1CCCCO1)CCCCOC1CCCCO1. The minimum atomic E-state index is 0.0833. The van der Waals surface area contributed by atoms with Crippen molar-refractivity contribution in [2.24, 2.45) is 0 Å². The van der Waals surface area contributed by atoms with Crippen molar-refractivity contribution in [3.05, 3.63) is 0 Å². The fourth-order valence-electron chi connectivity index (χ4n) is 3.38. The molecule has 0 aromatic rings. The van der Waals surface area contributed by atoms with Gasteiger partial charge in [0.25, 0.3) is 0 Å². The van der Waals surface area contributed by atoms with Crippen molar-refractivity contribution in [3.63, 3.8) is 0 Å². The highest BCUT2D eigenvalue weighted by Gasteiger charge is 2.14. The van der Waals surface area contributed by atoms with E-state index >= 15 is 0 Å². The van der Waals surface area contributed by atoms with Crippen LogP contribution in [0.15, 0.2) is 0 Å². The van der Waals surface area contributed by atoms with Crippen LogP contribution >= 0.6 is 0 Å². The highest BCUT2D eigenvalue weighted by Crippen LogP contribution is 2.16. The lowest BCUT2D eigenvalue weighted by atomic mass is 10.1. The Morgan fingerprint density at radius 1 is 0.542 bits per heavy atom. The van der Waals surface area contributed by atoms with Gasteiger partial charge in [-0.3, -0.25) is 0 Å². The highest BCUT2D eigenvalue weighted by molar-refractivity contribution is 4.55. The lowest BCUT2D eigenvalue weighted by Gasteiger charge is -2.22. The molecule has 4 nitrogen and oxygen atoms in total. The molecular weight excluding hydrogens is 304 g/mol. The van der Waals surface area contributed by atoms with Crippen LogP contribution in [0.3, 0.4) is 0 Å². The molecule has 0 spiro atoms. The average molecular weight is 343 g/mol. The van der Waals surface area contributed by atoms with Crippen molar-refractivity contribution < 1.29 is 18.9 Å². The summed E-state index contributed by atoms with van der Waals surface area (Å²) in [7, 11) is 0. The second kappa shape index (κ2) is 14.1. The van der Waals surface area contributed by atoms with Crippen molar-refractivity contribution in [3.8, 4) is 0 Å². The largest absolute Gasteiger partial charge is 0.353 e. The fraction of sp³-hybridized carbons (Fsp3) is 1.00. The van der Waals surface area contributed by atoms with E-state index < -0.39 is 0 Å². The molecule has 0 N–H and O–H groups in total. The Morgan fingerprint density at radius 3 is 1.33 bits per heavy atom. The van der Waals surface area contributed by atoms with Gasteiger partial charge >= 0.3 is 0 Å². The van der Waals surface area contributed by atoms with E-state index in [1.807, 2.05) is 0 Å². The zero-order valence-electron chi connectivity index (χ0n) is 15.5. The van der Waals surface area contributed by atoms with Gasteiger partial charge in [-0.25, -0.2) is 0 Å². The molecule has 0 aliphatic carbocycles. The minimum absolute atomic E-state index is 0.0833. The maximum Gasteiger partial charge on any atom is 0.157 e. The predicted molar refractivity (Wildman–Crippen MR) is 96.0 cm³/mol. The summed E-state index contributed by atoms with van der Waals surface area (Å²) in [6.07, 6.45) is 17.5. The number of hydrogen-bond acceptors (Lipinski definition) is 4. The van der Waals surface area contributed by atoms with Crippen molar-refractivity contribution in [1.82, 2.24) is 0 Å². The topological polar surface area (TPSA) is 36.9 Å². The molecule has 0 amide bonds. The van der Waals surface area contributed by atoms with Crippen molar-refractivity contribution in [2.75, 3.05) is 26.4 Å². The Balaban J connectivity index is 1.25. The zero-order valence-corrected chi connectivity index (χ0v) is 15.5. The first-order chi connectivity index (χ1) is 11.9. The molecule has 2 saturated heterocycles. The van der Waals surface area contributed by atoms with Crippen LogP contribution < -0.4 is 0 Å². The Labute approximate surface area is 148 Å². The van der Waals surface area contributed by atoms with Gasteiger partial charge in [0, 0.05) is 26.4 Å². The maximum atomic E-state index is 5.76. The molecule has 2 rings (SSSR count). The molecule has 2 aliphatic rings. The molecule has 2 aliphatic heterocycles. The van der Waals surface area contributed by atoms with Crippen LogP contribution in [0.4, 0.5) is 0 Å². The molecule has 142 valence electrons. The molecular formula is C20H38O4. The Morgan fingerprint density at radius 2 is 0.958 bits per heavy atom. The van der Waals surface area contributed by atoms with Crippen LogP contribution in [0.2, 0.25) is 0 Å². The summed E-state index contributed by atoms with van der Waals surface area (Å²) in [4.78, 5) is 0. The first-order valence-electron chi connectivity index (χ1n) is 10.4. The van der Waals surface area contributed by atoms with Gasteiger partial charge in [0.1, 0.15) is 0 Å². The standard InChI is InChI=1S/C20H38O4/c1(3-5-9-15-21-19-13-7-11-17-23-19)2-4-6-10-16-22-20-14-8-12-18-24-20/h19-20H,1-18H2. The summed E-state index contributed by atoms with van der Waals surface area (Å²) >= 11 is 0. The van der Waals surface area contributed by atoms with Crippen LogP contribution in [-0.4, -0.2) is 39.0 Å². The molecule has 2 fully saturated rings. The fourth-order valence-corrected chi connectivity index (χ4v) is 3.38. The molecule has 24 heavy (non-hydrogen) atoms. The van der Waals surface area contributed by atoms with Gasteiger partial charge in [-0.1, -0.05) is 38.5 Å². The lowest BCUT2D eigenvalue weighted by Crippen LogP contribution is -2.22. The second-order valence-corrected chi connectivity index (χ2v) is 7.16. The first-order valence-corrected chi connectivity index (χ1v) is 10.4. The summed E-state index contributed by atoms with van der Waals surface area (Å²) in [6, 6.07) is 0. The molecule has 0 saturated carbocycles. The van der Waals surface area contributed by atoms with E-state index in [1.165, 1.54) is 77.0 Å². The first kappa shape index (κ1) is 20.2. The maximum absolute atomic E-state index is 5.76. The van der Waals surface area contributed by atoms with E-state index in [0.29, 0.717) is 0 Å². The smallest absolute Gasteiger partial charge is 0.157 e. The van der Waals surface area contributed by atoms with Crippen LogP contribution in [-0.2, 0) is 18.9 Å². The summed E-state index contributed by atoms with van der Waals surface area (Å²) in [5.41, 5.74) is 0. The van der Waals surface area contributed by atoms with Crippen LogP contribution in [0.25, 0.3) is 0 Å². The molecule has 2 atom stereocenters. The number of hydrogen-bond donors (Lipinski definition) is 0. The predicted octanol–water partition coefficient (Wildman–Crippen LogP) is 5.19. The Bertz CT molecular complexity index is 245. The number of ether oxygens (including phenoxy) is 4. The van der Waals surface area contributed by atoms with Gasteiger partial charge < -0.3 is 18.9 Å². The third kappa shape index (κ3) is 9.97. The van der Waals surface area contributed by atoms with Gasteiger partial charge in [-0.15, -0.1) is 0 Å². The Hall–Kier alpha value is -0.160. The quantitative estimate of drug-likeness (QED) is 0.431. The van der Waals surface area contributed by atoms with Gasteiger partial charge in [0.05, 0.1) is 0 Å². The van der Waals surface area contributed by atoms with Crippen LogP contribution in [0, 0.1) is 0 Å². The summed E-state index contributed by atoms with van der Waals surface area (Å²) < 4.78 is 22.7. The molecule has 4 heteroatoms. The highest BCUT2D eigenvalue weighted by atomic mass is 16.7. The van der Waals surface area contributed by atoms with E-state index in [9.17, 15) is 0 Å². The monoisotopic (exact) mass is 342 g/mol. The van der Waals surface area contributed by atoms with Crippen molar-refractivity contribution in [1.29, 1.82) is 0 Å². The molecule has 0 aromatic carbocycles. The van der Waals surface area contributed by atoms with Gasteiger partial charge in [0.2, 0.25) is 0 Å². The van der Waals surface area contributed by atoms with E-state index in [1.54, 1.807) is 0 Å². The van der Waals surface area contributed by atoms with Crippen molar-refractivity contribution >= 4 is 0 Å². The van der Waals surface area contributed by atoms with Crippen molar-refractivity contribution in [2.45, 2.75) is 102 Å². The van der Waals surface area contributed by atoms with E-state index in [-0.39, 0.29) is 12.6 Å².